The van der Waals surface area contributed by atoms with E-state index in [4.69, 9.17) is 16.6 Å². The van der Waals surface area contributed by atoms with E-state index in [1.807, 2.05) is 72.8 Å². The van der Waals surface area contributed by atoms with E-state index < -0.39 is 24.0 Å². The molecule has 218 valence electrons. The van der Waals surface area contributed by atoms with Gasteiger partial charge in [-0.15, -0.1) is 0 Å². The Labute approximate surface area is 248 Å². The first-order valence-corrected chi connectivity index (χ1v) is 14.7. The van der Waals surface area contributed by atoms with Crippen LogP contribution in [0.15, 0.2) is 78.9 Å². The zero-order chi connectivity index (χ0) is 29.3. The Bertz CT molecular complexity index is 1550. The summed E-state index contributed by atoms with van der Waals surface area (Å²) in [7, 11) is 0. The van der Waals surface area contributed by atoms with Gasteiger partial charge in [0.15, 0.2) is 0 Å². The van der Waals surface area contributed by atoms with Gasteiger partial charge >= 0.3 is 6.18 Å². The maximum atomic E-state index is 13.7. The fourth-order valence-corrected chi connectivity index (χ4v) is 6.63. The summed E-state index contributed by atoms with van der Waals surface area (Å²) in [5, 5.41) is 3.94. The number of carbonyl (C=O) groups is 1. The zero-order valence-corrected chi connectivity index (χ0v) is 23.9. The number of pyridine rings is 1. The molecule has 4 aromatic rings. The van der Waals surface area contributed by atoms with E-state index in [9.17, 15) is 18.0 Å². The van der Waals surface area contributed by atoms with Crippen LogP contribution < -0.4 is 10.2 Å². The molecule has 1 saturated heterocycles. The molecule has 2 aliphatic rings. The van der Waals surface area contributed by atoms with Crippen LogP contribution in [0.2, 0.25) is 5.02 Å². The van der Waals surface area contributed by atoms with Crippen LogP contribution in [0, 0.1) is 0 Å². The third-order valence-electron chi connectivity index (χ3n) is 8.51. The highest BCUT2D eigenvalue weighted by Gasteiger charge is 2.49. The van der Waals surface area contributed by atoms with Crippen molar-refractivity contribution in [1.29, 1.82) is 0 Å². The van der Waals surface area contributed by atoms with E-state index in [0.717, 1.165) is 78.1 Å². The van der Waals surface area contributed by atoms with Gasteiger partial charge in [0.1, 0.15) is 17.8 Å². The normalized spacial score (nSPS) is 16.3. The van der Waals surface area contributed by atoms with E-state index in [-0.39, 0.29) is 0 Å². The molecule has 6 rings (SSSR count). The number of unbranched alkanes of at least 4 members (excludes halogenated alkanes) is 1. The summed E-state index contributed by atoms with van der Waals surface area (Å²) in [4.78, 5) is 23.2. The summed E-state index contributed by atoms with van der Waals surface area (Å²) in [5.74, 6) is 0.352. The molecule has 0 saturated carbocycles. The van der Waals surface area contributed by atoms with Crippen LogP contribution >= 0.6 is 11.6 Å². The van der Waals surface area contributed by atoms with Crippen LogP contribution in [0.3, 0.4) is 0 Å². The van der Waals surface area contributed by atoms with Gasteiger partial charge in [-0.05, 0) is 65.9 Å². The van der Waals surface area contributed by atoms with Gasteiger partial charge in [-0.2, -0.15) is 13.2 Å². The van der Waals surface area contributed by atoms with Gasteiger partial charge in [0.2, 0.25) is 5.91 Å². The van der Waals surface area contributed by atoms with E-state index >= 15 is 0 Å². The van der Waals surface area contributed by atoms with Gasteiger partial charge in [0, 0.05) is 36.6 Å². The SMILES string of the molecule is O=C(NCC(F)(F)F)C1(CCCCN2CCN(c3ccc4ccc(Cl)cc4n3)CC2)c2ccccc2-c2ccccc21. The number of nitrogens with zero attached hydrogens (tertiary/aromatic N) is 3. The fourth-order valence-electron chi connectivity index (χ4n) is 6.47. The highest BCUT2D eigenvalue weighted by molar-refractivity contribution is 6.31. The van der Waals surface area contributed by atoms with Crippen molar-refractivity contribution in [2.75, 3.05) is 44.2 Å². The Kier molecular flexibility index (Phi) is 7.85. The van der Waals surface area contributed by atoms with Crippen molar-refractivity contribution in [3.8, 4) is 11.1 Å². The minimum absolute atomic E-state index is 0.439. The maximum Gasteiger partial charge on any atom is 0.405 e. The monoisotopic (exact) mass is 592 g/mol. The molecule has 1 aliphatic carbocycles. The van der Waals surface area contributed by atoms with Crippen molar-refractivity contribution in [3.05, 3.63) is 95.0 Å². The maximum absolute atomic E-state index is 13.7. The third kappa shape index (κ3) is 5.57. The molecule has 0 atom stereocenters. The molecule has 1 amide bonds. The number of alkyl halides is 3. The molecular weight excluding hydrogens is 561 g/mol. The van der Waals surface area contributed by atoms with Gasteiger partial charge in [0.25, 0.3) is 0 Å². The average molecular weight is 593 g/mol. The molecule has 0 spiro atoms. The van der Waals surface area contributed by atoms with Gasteiger partial charge in [-0.1, -0.05) is 72.6 Å². The van der Waals surface area contributed by atoms with Crippen molar-refractivity contribution in [2.45, 2.75) is 30.9 Å². The lowest BCUT2D eigenvalue weighted by Crippen LogP contribution is -2.47. The molecular formula is C33H32ClF3N4O. The number of carbonyl (C=O) groups excluding carboxylic acids is 1. The number of aromatic nitrogens is 1. The molecule has 9 heteroatoms. The molecule has 2 heterocycles. The summed E-state index contributed by atoms with van der Waals surface area (Å²) >= 11 is 6.16. The summed E-state index contributed by atoms with van der Waals surface area (Å²) in [6, 6.07) is 25.0. The lowest BCUT2D eigenvalue weighted by molar-refractivity contribution is -0.141. The van der Waals surface area contributed by atoms with Crippen LogP contribution in [-0.4, -0.2) is 61.2 Å². The minimum atomic E-state index is -4.48. The summed E-state index contributed by atoms with van der Waals surface area (Å²) in [6.45, 7) is 2.99. The quantitative estimate of drug-likeness (QED) is 0.228. The molecule has 1 aliphatic heterocycles. The highest BCUT2D eigenvalue weighted by Crippen LogP contribution is 2.51. The molecule has 1 N–H and O–H groups in total. The number of halogens is 4. The molecule has 0 radical (unpaired) electrons. The van der Waals surface area contributed by atoms with E-state index in [1.54, 1.807) is 0 Å². The largest absolute Gasteiger partial charge is 0.405 e. The van der Waals surface area contributed by atoms with Crippen LogP contribution in [-0.2, 0) is 10.2 Å². The van der Waals surface area contributed by atoms with Gasteiger partial charge in [-0.3, -0.25) is 9.69 Å². The Balaban J connectivity index is 1.11. The third-order valence-corrected chi connectivity index (χ3v) is 8.75. The molecule has 5 nitrogen and oxygen atoms in total. The van der Waals surface area contributed by atoms with E-state index in [2.05, 4.69) is 21.2 Å². The lowest BCUT2D eigenvalue weighted by Gasteiger charge is -2.36. The Morgan fingerprint density at radius 1 is 0.881 bits per heavy atom. The fraction of sp³-hybridized carbons (Fsp3) is 0.333. The topological polar surface area (TPSA) is 48.5 Å². The molecule has 0 unspecified atom stereocenters. The van der Waals surface area contributed by atoms with E-state index in [0.29, 0.717) is 17.9 Å². The van der Waals surface area contributed by atoms with Gasteiger partial charge in [-0.25, -0.2) is 4.98 Å². The standard InChI is InChI=1S/C33H32ClF3N4O/c34-24-13-11-23-12-14-30(39-29(23)21-24)41-19-17-40(18-20-41)16-6-5-15-32(31(42)38-22-33(35,36)37)27-9-3-1-7-25(27)26-8-2-4-10-28(26)32/h1-4,7-14,21H,5-6,15-20,22H2,(H,38,42). The Hall–Kier alpha value is -3.62. The predicted molar refractivity (Wildman–Crippen MR) is 161 cm³/mol. The summed E-state index contributed by atoms with van der Waals surface area (Å²) in [5.41, 5.74) is 3.12. The van der Waals surface area contributed by atoms with Crippen LogP contribution in [0.5, 0.6) is 0 Å². The molecule has 3 aromatic carbocycles. The Morgan fingerprint density at radius 3 is 2.19 bits per heavy atom. The number of nitrogens with one attached hydrogen (secondary N) is 1. The minimum Gasteiger partial charge on any atom is -0.354 e. The second-order valence-corrected chi connectivity index (χ2v) is 11.5. The van der Waals surface area contributed by atoms with Crippen molar-refractivity contribution in [1.82, 2.24) is 15.2 Å². The van der Waals surface area contributed by atoms with Crippen LogP contribution in [0.25, 0.3) is 22.0 Å². The second-order valence-electron chi connectivity index (χ2n) is 11.1. The van der Waals surface area contributed by atoms with Crippen molar-refractivity contribution in [3.63, 3.8) is 0 Å². The summed E-state index contributed by atoms with van der Waals surface area (Å²) in [6.07, 6.45) is -2.50. The first-order chi connectivity index (χ1) is 20.2. The van der Waals surface area contributed by atoms with Crippen molar-refractivity contribution in [2.24, 2.45) is 0 Å². The van der Waals surface area contributed by atoms with E-state index in [1.165, 1.54) is 0 Å². The number of amides is 1. The van der Waals surface area contributed by atoms with Crippen molar-refractivity contribution < 1.29 is 18.0 Å². The molecule has 1 aromatic heterocycles. The number of rotatable bonds is 8. The zero-order valence-electron chi connectivity index (χ0n) is 23.1. The average Bonchev–Trinajstić information content (AvgIpc) is 3.28. The summed E-state index contributed by atoms with van der Waals surface area (Å²) < 4.78 is 39.4. The first kappa shape index (κ1) is 28.5. The number of anilines is 1. The Morgan fingerprint density at radius 2 is 1.52 bits per heavy atom. The molecule has 42 heavy (non-hydrogen) atoms. The number of hydrogen-bond acceptors (Lipinski definition) is 4. The second kappa shape index (κ2) is 11.6. The number of hydrogen-bond donors (Lipinski definition) is 1. The number of piperazine rings is 1. The van der Waals surface area contributed by atoms with Gasteiger partial charge in [0.05, 0.1) is 5.52 Å². The predicted octanol–water partition coefficient (Wildman–Crippen LogP) is 6.83. The number of benzene rings is 3. The highest BCUT2D eigenvalue weighted by atomic mass is 35.5. The number of fused-ring (bicyclic) bond motifs is 4. The lowest BCUT2D eigenvalue weighted by atomic mass is 9.73. The first-order valence-electron chi connectivity index (χ1n) is 14.3. The molecule has 1 fully saturated rings. The van der Waals surface area contributed by atoms with Crippen LogP contribution in [0.4, 0.5) is 19.0 Å². The van der Waals surface area contributed by atoms with Gasteiger partial charge < -0.3 is 10.2 Å². The molecule has 0 bridgehead atoms. The van der Waals surface area contributed by atoms with Crippen LogP contribution in [0.1, 0.15) is 30.4 Å². The smallest absolute Gasteiger partial charge is 0.354 e. The van der Waals surface area contributed by atoms with Crippen molar-refractivity contribution >= 4 is 34.2 Å².